The molecule has 0 aliphatic heterocycles. The van der Waals surface area contributed by atoms with E-state index in [9.17, 15) is 0 Å². The highest BCUT2D eigenvalue weighted by Gasteiger charge is 2.39. The van der Waals surface area contributed by atoms with E-state index in [1.165, 1.54) is 22.9 Å². The number of rotatable bonds is 4. The van der Waals surface area contributed by atoms with Crippen molar-refractivity contribution in [3.05, 3.63) is 34.3 Å². The SMILES string of the molecule is CC(C)(C)[Si](C)(C)OCC1CC(c2ccc(Br)cc2)C1. The zero-order valence-corrected chi connectivity index (χ0v) is 16.0. The molecule has 0 saturated heterocycles. The van der Waals surface area contributed by atoms with E-state index >= 15 is 0 Å². The molecule has 112 valence electrons. The first-order valence-electron chi connectivity index (χ1n) is 7.58. The van der Waals surface area contributed by atoms with Gasteiger partial charge in [-0.1, -0.05) is 48.8 Å². The summed E-state index contributed by atoms with van der Waals surface area (Å²) < 4.78 is 7.50. The van der Waals surface area contributed by atoms with Gasteiger partial charge in [0.1, 0.15) is 0 Å². The molecule has 0 aromatic heterocycles. The highest BCUT2D eigenvalue weighted by atomic mass is 79.9. The van der Waals surface area contributed by atoms with E-state index in [1.807, 2.05) is 0 Å². The Hall–Kier alpha value is -0.123. The van der Waals surface area contributed by atoms with E-state index in [4.69, 9.17) is 4.43 Å². The largest absolute Gasteiger partial charge is 0.417 e. The number of hydrogen-bond donors (Lipinski definition) is 0. The summed E-state index contributed by atoms with van der Waals surface area (Å²) in [6.45, 7) is 12.6. The molecular formula is C17H27BrOSi. The minimum absolute atomic E-state index is 0.321. The molecule has 1 aromatic carbocycles. The van der Waals surface area contributed by atoms with E-state index in [2.05, 4.69) is 74.1 Å². The van der Waals surface area contributed by atoms with Crippen LogP contribution in [0.15, 0.2) is 28.7 Å². The van der Waals surface area contributed by atoms with Crippen LogP contribution in [-0.4, -0.2) is 14.9 Å². The fourth-order valence-corrected chi connectivity index (χ4v) is 3.77. The summed E-state index contributed by atoms with van der Waals surface area (Å²) in [6, 6.07) is 8.79. The van der Waals surface area contributed by atoms with Crippen molar-refractivity contribution in [3.8, 4) is 0 Å². The van der Waals surface area contributed by atoms with Gasteiger partial charge in [-0.05, 0) is 60.5 Å². The molecule has 1 fully saturated rings. The van der Waals surface area contributed by atoms with Crippen LogP contribution in [0.5, 0.6) is 0 Å². The summed E-state index contributed by atoms with van der Waals surface area (Å²) in [5, 5.41) is 0.321. The van der Waals surface area contributed by atoms with Crippen LogP contribution in [0.4, 0.5) is 0 Å². The lowest BCUT2D eigenvalue weighted by atomic mass is 9.72. The molecule has 0 N–H and O–H groups in total. The van der Waals surface area contributed by atoms with E-state index < -0.39 is 8.32 Å². The molecule has 1 aliphatic carbocycles. The van der Waals surface area contributed by atoms with Gasteiger partial charge in [-0.15, -0.1) is 0 Å². The summed E-state index contributed by atoms with van der Waals surface area (Å²) in [6.07, 6.45) is 2.58. The van der Waals surface area contributed by atoms with Crippen molar-refractivity contribution >= 4 is 24.2 Å². The molecule has 0 atom stereocenters. The van der Waals surface area contributed by atoms with Crippen molar-refractivity contribution < 1.29 is 4.43 Å². The molecule has 3 heteroatoms. The molecule has 1 nitrogen and oxygen atoms in total. The van der Waals surface area contributed by atoms with Crippen LogP contribution in [0, 0.1) is 5.92 Å². The van der Waals surface area contributed by atoms with Crippen LogP contribution in [0.2, 0.25) is 18.1 Å². The third kappa shape index (κ3) is 3.74. The average Bonchev–Trinajstić information content (AvgIpc) is 2.27. The Morgan fingerprint density at radius 2 is 1.70 bits per heavy atom. The molecule has 0 heterocycles. The fourth-order valence-electron chi connectivity index (χ4n) is 2.42. The highest BCUT2D eigenvalue weighted by molar-refractivity contribution is 9.10. The summed E-state index contributed by atoms with van der Waals surface area (Å²) in [5.41, 5.74) is 1.48. The van der Waals surface area contributed by atoms with Crippen molar-refractivity contribution in [1.82, 2.24) is 0 Å². The standard InChI is InChI=1S/C17H27BrOSi/c1-17(2,3)20(4,5)19-12-13-10-15(11-13)14-6-8-16(18)9-7-14/h6-9,13,15H,10-12H2,1-5H3. The number of benzene rings is 1. The maximum atomic E-state index is 6.33. The minimum atomic E-state index is -1.57. The van der Waals surface area contributed by atoms with Gasteiger partial charge < -0.3 is 4.43 Å². The second-order valence-corrected chi connectivity index (χ2v) is 13.4. The van der Waals surface area contributed by atoms with Crippen LogP contribution in [-0.2, 0) is 4.43 Å². The van der Waals surface area contributed by atoms with Gasteiger partial charge in [0.2, 0.25) is 0 Å². The molecule has 0 unspecified atom stereocenters. The first-order valence-corrected chi connectivity index (χ1v) is 11.3. The second kappa shape index (κ2) is 5.94. The van der Waals surface area contributed by atoms with E-state index in [0.717, 1.165) is 18.4 Å². The maximum absolute atomic E-state index is 6.33. The van der Waals surface area contributed by atoms with Crippen molar-refractivity contribution in [2.45, 2.75) is 57.7 Å². The van der Waals surface area contributed by atoms with E-state index in [1.54, 1.807) is 0 Å². The molecule has 0 radical (unpaired) electrons. The molecule has 1 aliphatic rings. The van der Waals surface area contributed by atoms with E-state index in [-0.39, 0.29) is 0 Å². The fraction of sp³-hybridized carbons (Fsp3) is 0.647. The Morgan fingerprint density at radius 1 is 1.15 bits per heavy atom. The van der Waals surface area contributed by atoms with Gasteiger partial charge in [-0.2, -0.15) is 0 Å². The molecular weight excluding hydrogens is 328 g/mol. The lowest BCUT2D eigenvalue weighted by Crippen LogP contribution is -2.43. The Labute approximate surface area is 133 Å². The monoisotopic (exact) mass is 354 g/mol. The second-order valence-electron chi connectivity index (χ2n) is 7.66. The van der Waals surface area contributed by atoms with Crippen LogP contribution in [0.1, 0.15) is 45.1 Å². The highest BCUT2D eigenvalue weighted by Crippen LogP contribution is 2.43. The van der Waals surface area contributed by atoms with Crippen LogP contribution in [0.25, 0.3) is 0 Å². The van der Waals surface area contributed by atoms with Crippen molar-refractivity contribution in [2.75, 3.05) is 6.61 Å². The summed E-state index contributed by atoms with van der Waals surface area (Å²) in [5.74, 6) is 1.51. The molecule has 1 saturated carbocycles. The third-order valence-electron chi connectivity index (χ3n) is 5.06. The summed E-state index contributed by atoms with van der Waals surface area (Å²) >= 11 is 3.50. The first-order chi connectivity index (χ1) is 9.19. The zero-order valence-electron chi connectivity index (χ0n) is 13.4. The Morgan fingerprint density at radius 3 is 2.20 bits per heavy atom. The average molecular weight is 355 g/mol. The number of halogens is 1. The summed E-state index contributed by atoms with van der Waals surface area (Å²) in [7, 11) is -1.57. The van der Waals surface area contributed by atoms with Gasteiger partial charge in [-0.3, -0.25) is 0 Å². The van der Waals surface area contributed by atoms with Gasteiger partial charge in [0.15, 0.2) is 8.32 Å². The van der Waals surface area contributed by atoms with Crippen molar-refractivity contribution in [1.29, 1.82) is 0 Å². The molecule has 0 amide bonds. The Bertz CT molecular complexity index is 441. The quantitative estimate of drug-likeness (QED) is 0.605. The normalized spacial score (nSPS) is 23.5. The maximum Gasteiger partial charge on any atom is 0.191 e. The molecule has 0 bridgehead atoms. The predicted octanol–water partition coefficient (Wildman–Crippen LogP) is 5.96. The Kier molecular flexibility index (Phi) is 4.82. The zero-order chi connectivity index (χ0) is 15.0. The summed E-state index contributed by atoms with van der Waals surface area (Å²) in [4.78, 5) is 0. The molecule has 1 aromatic rings. The van der Waals surface area contributed by atoms with E-state index in [0.29, 0.717) is 5.04 Å². The van der Waals surface area contributed by atoms with Crippen molar-refractivity contribution in [2.24, 2.45) is 5.92 Å². The number of hydrogen-bond acceptors (Lipinski definition) is 1. The lowest BCUT2D eigenvalue weighted by molar-refractivity contribution is 0.147. The van der Waals surface area contributed by atoms with Gasteiger partial charge in [0.05, 0.1) is 0 Å². The first kappa shape index (κ1) is 16.3. The van der Waals surface area contributed by atoms with Gasteiger partial charge in [-0.25, -0.2) is 0 Å². The van der Waals surface area contributed by atoms with Crippen LogP contribution in [0.3, 0.4) is 0 Å². The van der Waals surface area contributed by atoms with Crippen molar-refractivity contribution in [3.63, 3.8) is 0 Å². The third-order valence-corrected chi connectivity index (χ3v) is 10.1. The van der Waals surface area contributed by atoms with Crippen LogP contribution >= 0.6 is 15.9 Å². The minimum Gasteiger partial charge on any atom is -0.417 e. The van der Waals surface area contributed by atoms with Gasteiger partial charge >= 0.3 is 0 Å². The predicted molar refractivity (Wildman–Crippen MR) is 92.8 cm³/mol. The van der Waals surface area contributed by atoms with Crippen LogP contribution < -0.4 is 0 Å². The van der Waals surface area contributed by atoms with Gasteiger partial charge in [0.25, 0.3) is 0 Å². The lowest BCUT2D eigenvalue weighted by Gasteiger charge is -2.41. The van der Waals surface area contributed by atoms with Gasteiger partial charge in [0, 0.05) is 11.1 Å². The topological polar surface area (TPSA) is 9.23 Å². The Balaban J connectivity index is 1.79. The smallest absolute Gasteiger partial charge is 0.191 e. The molecule has 0 spiro atoms. The molecule has 20 heavy (non-hydrogen) atoms. The molecule has 2 rings (SSSR count).